The molecule has 1 aromatic carbocycles. The number of rotatable bonds is 7. The second kappa shape index (κ2) is 11.9. The molecule has 0 radical (unpaired) electrons. The summed E-state index contributed by atoms with van der Waals surface area (Å²) in [5, 5.41) is 6.35. The Kier molecular flexibility index (Phi) is 10.6. The third-order valence-corrected chi connectivity index (χ3v) is 6.44. The van der Waals surface area contributed by atoms with Crippen LogP contribution >= 0.6 is 24.0 Å². The maximum atomic E-state index is 12.6. The number of hydrogen-bond acceptors (Lipinski definition) is 4. The Morgan fingerprint density at radius 1 is 1.23 bits per heavy atom. The van der Waals surface area contributed by atoms with E-state index >= 15 is 0 Å². The minimum absolute atomic E-state index is 0. The van der Waals surface area contributed by atoms with Crippen LogP contribution in [0.15, 0.2) is 35.3 Å². The Morgan fingerprint density at radius 3 is 2.37 bits per heavy atom. The fraction of sp³-hybridized carbons (Fsp3) is 0.611. The Balaban J connectivity index is 0.00000450. The molecule has 1 aromatic rings. The lowest BCUT2D eigenvalue weighted by atomic mass is 10.1. The van der Waals surface area contributed by atoms with E-state index in [0.717, 1.165) is 18.7 Å². The van der Waals surface area contributed by atoms with Crippen molar-refractivity contribution in [2.24, 2.45) is 4.99 Å². The van der Waals surface area contributed by atoms with Gasteiger partial charge in [-0.1, -0.05) is 18.2 Å². The number of halogens is 4. The number of guanidine groups is 1. The molecular formula is C18H29F3IN5O2S. The van der Waals surface area contributed by atoms with Crippen molar-refractivity contribution in [1.82, 2.24) is 14.9 Å². The van der Waals surface area contributed by atoms with Gasteiger partial charge in [-0.25, -0.2) is 8.42 Å². The zero-order valence-electron chi connectivity index (χ0n) is 17.0. The number of sulfonamides is 1. The Morgan fingerprint density at radius 2 is 1.83 bits per heavy atom. The summed E-state index contributed by atoms with van der Waals surface area (Å²) in [6, 6.07) is 9.89. The molecule has 0 amide bonds. The van der Waals surface area contributed by atoms with Gasteiger partial charge in [-0.2, -0.15) is 17.5 Å². The van der Waals surface area contributed by atoms with Crippen LogP contribution in [0, 0.1) is 0 Å². The summed E-state index contributed by atoms with van der Waals surface area (Å²) >= 11 is 0. The van der Waals surface area contributed by atoms with Crippen molar-refractivity contribution in [3.05, 3.63) is 30.3 Å². The first-order valence-electron chi connectivity index (χ1n) is 9.45. The molecular weight excluding hydrogens is 534 g/mol. The Labute approximate surface area is 193 Å². The fourth-order valence-corrected chi connectivity index (χ4v) is 4.09. The van der Waals surface area contributed by atoms with Crippen LogP contribution < -0.4 is 15.5 Å². The molecule has 1 heterocycles. The molecule has 0 unspecified atom stereocenters. The molecule has 30 heavy (non-hydrogen) atoms. The average molecular weight is 563 g/mol. The van der Waals surface area contributed by atoms with Gasteiger partial charge in [0.15, 0.2) is 5.96 Å². The molecule has 0 atom stereocenters. The molecule has 172 valence electrons. The molecule has 0 saturated carbocycles. The van der Waals surface area contributed by atoms with Crippen LogP contribution in [0.4, 0.5) is 18.9 Å². The first-order chi connectivity index (χ1) is 13.6. The van der Waals surface area contributed by atoms with Crippen LogP contribution in [0.5, 0.6) is 0 Å². The predicted octanol–water partition coefficient (Wildman–Crippen LogP) is 2.61. The second-order valence-corrected chi connectivity index (χ2v) is 8.81. The number of nitrogens with one attached hydrogen (secondary N) is 2. The van der Waals surface area contributed by atoms with Crippen LogP contribution in [0.1, 0.15) is 19.3 Å². The zero-order chi connectivity index (χ0) is 21.5. The van der Waals surface area contributed by atoms with Crippen LogP contribution in [-0.2, 0) is 10.0 Å². The van der Waals surface area contributed by atoms with Crippen molar-refractivity contribution in [3.63, 3.8) is 0 Å². The lowest BCUT2D eigenvalue weighted by molar-refractivity contribution is -0.0494. The molecule has 0 aliphatic carbocycles. The van der Waals surface area contributed by atoms with Gasteiger partial charge in [-0.05, 0) is 31.4 Å². The average Bonchev–Trinajstić information content (AvgIpc) is 2.70. The van der Waals surface area contributed by atoms with E-state index in [1.165, 1.54) is 0 Å². The fourth-order valence-electron chi connectivity index (χ4n) is 3.11. The van der Waals surface area contributed by atoms with E-state index in [-0.39, 0.29) is 55.9 Å². The van der Waals surface area contributed by atoms with Crippen LogP contribution in [0.25, 0.3) is 0 Å². The summed E-state index contributed by atoms with van der Waals surface area (Å²) in [6.45, 7) is 1.19. The first-order valence-corrected chi connectivity index (χ1v) is 10.9. The summed E-state index contributed by atoms with van der Waals surface area (Å²) in [7, 11) is -1.61. The van der Waals surface area contributed by atoms with Gasteiger partial charge >= 0.3 is 15.5 Å². The minimum Gasteiger partial charge on any atom is -0.375 e. The maximum Gasteiger partial charge on any atom is 0.511 e. The Hall–Kier alpha value is -1.28. The van der Waals surface area contributed by atoms with Gasteiger partial charge in [0.1, 0.15) is 0 Å². The van der Waals surface area contributed by atoms with Crippen LogP contribution in [-0.4, -0.2) is 70.5 Å². The lowest BCUT2D eigenvalue weighted by Gasteiger charge is -2.32. The number of nitrogens with zero attached hydrogens (tertiary/aromatic N) is 3. The summed E-state index contributed by atoms with van der Waals surface area (Å²) in [6.07, 6.45) is 1.44. The van der Waals surface area contributed by atoms with Crippen LogP contribution in [0.3, 0.4) is 0 Å². The molecule has 0 bridgehead atoms. The highest BCUT2D eigenvalue weighted by molar-refractivity contribution is 14.0. The summed E-state index contributed by atoms with van der Waals surface area (Å²) in [5.41, 5.74) is -4.12. The summed E-state index contributed by atoms with van der Waals surface area (Å²) in [4.78, 5) is 6.28. The van der Waals surface area contributed by atoms with E-state index in [1.54, 1.807) is 7.05 Å². The normalized spacial score (nSPS) is 16.6. The van der Waals surface area contributed by atoms with E-state index in [9.17, 15) is 21.6 Å². The third kappa shape index (κ3) is 7.45. The molecule has 2 rings (SSSR count). The second-order valence-electron chi connectivity index (χ2n) is 6.88. The number of hydrogen-bond donors (Lipinski definition) is 2. The smallest absolute Gasteiger partial charge is 0.375 e. The molecule has 1 saturated heterocycles. The molecule has 1 aliphatic heterocycles. The van der Waals surface area contributed by atoms with Crippen molar-refractivity contribution < 1.29 is 21.6 Å². The van der Waals surface area contributed by atoms with E-state index < -0.39 is 15.5 Å². The lowest BCUT2D eigenvalue weighted by Crippen LogP contribution is -2.51. The molecule has 0 spiro atoms. The van der Waals surface area contributed by atoms with E-state index in [1.807, 2.05) is 37.4 Å². The Bertz CT molecular complexity index is 770. The maximum absolute atomic E-state index is 12.6. The highest BCUT2D eigenvalue weighted by Gasteiger charge is 2.50. The summed E-state index contributed by atoms with van der Waals surface area (Å²) in [5.74, 6) is 0.560. The van der Waals surface area contributed by atoms with Gasteiger partial charge in [0.25, 0.3) is 0 Å². The van der Waals surface area contributed by atoms with E-state index in [0.29, 0.717) is 16.8 Å². The molecule has 1 fully saturated rings. The molecule has 12 heteroatoms. The first kappa shape index (κ1) is 26.8. The van der Waals surface area contributed by atoms with Gasteiger partial charge < -0.3 is 15.5 Å². The van der Waals surface area contributed by atoms with Crippen molar-refractivity contribution in [3.8, 4) is 0 Å². The quantitative estimate of drug-likeness (QED) is 0.231. The number of alkyl halides is 3. The van der Waals surface area contributed by atoms with Crippen molar-refractivity contribution in [2.75, 3.05) is 45.2 Å². The van der Waals surface area contributed by atoms with Gasteiger partial charge in [-0.15, -0.1) is 24.0 Å². The van der Waals surface area contributed by atoms with Gasteiger partial charge in [0.2, 0.25) is 0 Å². The molecule has 0 aromatic heterocycles. The topological polar surface area (TPSA) is 77.0 Å². The summed E-state index contributed by atoms with van der Waals surface area (Å²) < 4.78 is 61.4. The number of para-hydroxylation sites is 1. The van der Waals surface area contributed by atoms with Gasteiger partial charge in [0.05, 0.1) is 0 Å². The third-order valence-electron chi connectivity index (χ3n) is 4.81. The van der Waals surface area contributed by atoms with Gasteiger partial charge in [0, 0.05) is 52.0 Å². The highest BCUT2D eigenvalue weighted by Crippen LogP contribution is 2.28. The highest BCUT2D eigenvalue weighted by atomic mass is 127. The molecule has 7 nitrogen and oxygen atoms in total. The van der Waals surface area contributed by atoms with E-state index in [2.05, 4.69) is 20.5 Å². The molecule has 2 N–H and O–H groups in total. The van der Waals surface area contributed by atoms with Crippen LogP contribution in [0.2, 0.25) is 0 Å². The largest absolute Gasteiger partial charge is 0.511 e. The predicted molar refractivity (Wildman–Crippen MR) is 124 cm³/mol. The monoisotopic (exact) mass is 563 g/mol. The van der Waals surface area contributed by atoms with Crippen molar-refractivity contribution in [1.29, 1.82) is 0 Å². The number of anilines is 1. The van der Waals surface area contributed by atoms with Crippen molar-refractivity contribution >= 4 is 45.6 Å². The standard InChI is InChI=1S/C18H28F3N5O2S.HI/c1-22-17(23-11-6-12-25(2)16-7-4-3-5-8-16)24-15-9-13-26(14-10-15)29(27,28)18(19,20)21;/h3-5,7-8,15H,6,9-14H2,1-2H3,(H2,22,23,24);1H. The number of benzene rings is 1. The number of aliphatic imine (C=N–C) groups is 1. The van der Waals surface area contributed by atoms with E-state index in [4.69, 9.17) is 0 Å². The minimum atomic E-state index is -5.25. The van der Waals surface area contributed by atoms with Crippen molar-refractivity contribution in [2.45, 2.75) is 30.8 Å². The number of piperidine rings is 1. The molecule has 1 aliphatic rings. The van der Waals surface area contributed by atoms with Gasteiger partial charge in [-0.3, -0.25) is 4.99 Å². The SMILES string of the molecule is CN=C(NCCCN(C)c1ccccc1)NC1CCN(S(=O)(=O)C(F)(F)F)CC1.I. The zero-order valence-corrected chi connectivity index (χ0v) is 20.2.